The number of thioether (sulfide) groups is 1. The van der Waals surface area contributed by atoms with E-state index in [1.54, 1.807) is 6.20 Å². The fourth-order valence-electron chi connectivity index (χ4n) is 3.65. The lowest BCUT2D eigenvalue weighted by atomic mass is 9.73. The zero-order valence-electron chi connectivity index (χ0n) is 15.4. The molecule has 2 heterocycles. The Labute approximate surface area is 159 Å². The minimum Gasteiger partial charge on any atom is -0.478 e. The van der Waals surface area contributed by atoms with E-state index >= 15 is 0 Å². The molecule has 0 fully saturated rings. The summed E-state index contributed by atoms with van der Waals surface area (Å²) in [5, 5.41) is 9.37. The van der Waals surface area contributed by atoms with Gasteiger partial charge in [0.15, 0.2) is 0 Å². The summed E-state index contributed by atoms with van der Waals surface area (Å²) in [7, 11) is 0. The largest absolute Gasteiger partial charge is 0.478 e. The van der Waals surface area contributed by atoms with Gasteiger partial charge in [0, 0.05) is 28.4 Å². The highest BCUT2D eigenvalue weighted by molar-refractivity contribution is 7.99. The van der Waals surface area contributed by atoms with Crippen LogP contribution in [0.1, 0.15) is 65.7 Å². The fraction of sp³-hybridized carbons (Fsp3) is 0.364. The molecular formula is C22H23NO2S. The van der Waals surface area contributed by atoms with Crippen molar-refractivity contribution in [3.05, 3.63) is 58.4 Å². The molecule has 4 heteroatoms. The van der Waals surface area contributed by atoms with E-state index < -0.39 is 5.97 Å². The van der Waals surface area contributed by atoms with Gasteiger partial charge in [0.2, 0.25) is 0 Å². The summed E-state index contributed by atoms with van der Waals surface area (Å²) in [6.07, 6.45) is 6.46. The van der Waals surface area contributed by atoms with E-state index in [9.17, 15) is 9.90 Å². The number of hydrogen-bond acceptors (Lipinski definition) is 3. The van der Waals surface area contributed by atoms with E-state index in [1.165, 1.54) is 23.1 Å². The quantitative estimate of drug-likeness (QED) is 0.774. The minimum absolute atomic E-state index is 0.155. The third-order valence-corrected chi connectivity index (χ3v) is 6.52. The molecule has 1 aromatic heterocycles. The Morgan fingerprint density at radius 2 is 2.04 bits per heavy atom. The molecule has 1 aliphatic heterocycles. The van der Waals surface area contributed by atoms with Gasteiger partial charge in [-0.2, -0.15) is 0 Å². The van der Waals surface area contributed by atoms with Gasteiger partial charge in [-0.3, -0.25) is 4.98 Å². The molecule has 1 N–H and O–H groups in total. The van der Waals surface area contributed by atoms with Gasteiger partial charge in [0.05, 0.1) is 5.56 Å². The standard InChI is InChI=1S/C22H23NO2S/c1-4-22(5-2)10-11-26-20-9-7-16(12-19(20)22)6-8-17-15(3)13-23-14-18(17)21(24)25/h7,9,12-14H,4-5,10-11H2,1-3H3,(H,24,25). The summed E-state index contributed by atoms with van der Waals surface area (Å²) in [6, 6.07) is 6.41. The molecule has 1 aromatic carbocycles. The molecule has 0 aliphatic carbocycles. The molecule has 0 bridgehead atoms. The molecular weight excluding hydrogens is 342 g/mol. The number of fused-ring (bicyclic) bond motifs is 1. The number of aromatic carboxylic acids is 1. The predicted octanol–water partition coefficient (Wildman–Crippen LogP) is 5.04. The van der Waals surface area contributed by atoms with Gasteiger partial charge in [0.25, 0.3) is 0 Å². The van der Waals surface area contributed by atoms with Crippen molar-refractivity contribution in [2.45, 2.75) is 50.3 Å². The summed E-state index contributed by atoms with van der Waals surface area (Å²) < 4.78 is 0. The van der Waals surface area contributed by atoms with Crippen LogP contribution in [-0.2, 0) is 5.41 Å². The Morgan fingerprint density at radius 3 is 2.73 bits per heavy atom. The average molecular weight is 365 g/mol. The van der Waals surface area contributed by atoms with Crippen LogP contribution in [-0.4, -0.2) is 21.8 Å². The van der Waals surface area contributed by atoms with Crippen LogP contribution in [0.3, 0.4) is 0 Å². The number of aromatic nitrogens is 1. The molecule has 0 amide bonds. The topological polar surface area (TPSA) is 50.2 Å². The second kappa shape index (κ2) is 7.55. The summed E-state index contributed by atoms with van der Waals surface area (Å²) in [4.78, 5) is 16.8. The number of hydrogen-bond donors (Lipinski definition) is 1. The van der Waals surface area contributed by atoms with Crippen molar-refractivity contribution >= 4 is 17.7 Å². The summed E-state index contributed by atoms with van der Waals surface area (Å²) in [6.45, 7) is 6.37. The second-order valence-electron chi connectivity index (χ2n) is 6.73. The molecule has 2 aromatic rings. The lowest BCUT2D eigenvalue weighted by Gasteiger charge is -2.37. The van der Waals surface area contributed by atoms with E-state index in [4.69, 9.17) is 0 Å². The molecule has 0 atom stereocenters. The first-order chi connectivity index (χ1) is 12.5. The van der Waals surface area contributed by atoms with Crippen LogP contribution in [0.25, 0.3) is 0 Å². The van der Waals surface area contributed by atoms with Crippen molar-refractivity contribution in [1.82, 2.24) is 4.98 Å². The highest BCUT2D eigenvalue weighted by Gasteiger charge is 2.33. The third kappa shape index (κ3) is 3.37. The van der Waals surface area contributed by atoms with Crippen molar-refractivity contribution < 1.29 is 9.90 Å². The van der Waals surface area contributed by atoms with Crippen molar-refractivity contribution in [3.8, 4) is 11.8 Å². The Morgan fingerprint density at radius 1 is 1.27 bits per heavy atom. The molecule has 3 nitrogen and oxygen atoms in total. The lowest BCUT2D eigenvalue weighted by molar-refractivity contribution is 0.0696. The van der Waals surface area contributed by atoms with Gasteiger partial charge in [-0.15, -0.1) is 11.8 Å². The Hall–Kier alpha value is -2.25. The SMILES string of the molecule is CCC1(CC)CCSc2ccc(C#Cc3c(C)cncc3C(=O)O)cc21. The van der Waals surface area contributed by atoms with Crippen LogP contribution in [0.4, 0.5) is 0 Å². The van der Waals surface area contributed by atoms with Crippen LogP contribution in [0.5, 0.6) is 0 Å². The summed E-state index contributed by atoms with van der Waals surface area (Å²) in [5.41, 5.74) is 4.04. The molecule has 1 aliphatic rings. The zero-order valence-corrected chi connectivity index (χ0v) is 16.2. The smallest absolute Gasteiger partial charge is 0.338 e. The van der Waals surface area contributed by atoms with Gasteiger partial charge in [-0.25, -0.2) is 4.79 Å². The van der Waals surface area contributed by atoms with Crippen molar-refractivity contribution in [3.63, 3.8) is 0 Å². The Kier molecular flexibility index (Phi) is 5.38. The predicted molar refractivity (Wildman–Crippen MR) is 106 cm³/mol. The maximum Gasteiger partial charge on any atom is 0.338 e. The molecule has 0 saturated heterocycles. The van der Waals surface area contributed by atoms with Crippen LogP contribution >= 0.6 is 11.8 Å². The summed E-state index contributed by atoms with van der Waals surface area (Å²) >= 11 is 1.92. The van der Waals surface area contributed by atoms with Crippen LogP contribution in [0, 0.1) is 18.8 Å². The number of carboxylic acids is 1. The Bertz CT molecular complexity index is 904. The molecule has 0 radical (unpaired) electrons. The first kappa shape index (κ1) is 18.5. The van der Waals surface area contributed by atoms with Crippen LogP contribution in [0.2, 0.25) is 0 Å². The second-order valence-corrected chi connectivity index (χ2v) is 7.87. The van der Waals surface area contributed by atoms with E-state index in [2.05, 4.69) is 42.8 Å². The van der Waals surface area contributed by atoms with E-state index in [1.807, 2.05) is 24.8 Å². The van der Waals surface area contributed by atoms with Gasteiger partial charge in [-0.1, -0.05) is 25.7 Å². The summed E-state index contributed by atoms with van der Waals surface area (Å²) in [5.74, 6) is 6.42. The number of rotatable bonds is 3. The van der Waals surface area contributed by atoms with Crippen LogP contribution in [0.15, 0.2) is 35.5 Å². The number of carbonyl (C=O) groups is 1. The van der Waals surface area contributed by atoms with E-state index in [0.29, 0.717) is 5.56 Å². The molecule has 3 rings (SSSR count). The van der Waals surface area contributed by atoms with Gasteiger partial charge in [-0.05, 0) is 66.7 Å². The van der Waals surface area contributed by atoms with E-state index in [0.717, 1.165) is 29.7 Å². The lowest BCUT2D eigenvalue weighted by Crippen LogP contribution is -2.28. The molecule has 26 heavy (non-hydrogen) atoms. The Balaban J connectivity index is 2.05. The highest BCUT2D eigenvalue weighted by atomic mass is 32.2. The number of nitrogens with zero attached hydrogens (tertiary/aromatic N) is 1. The number of aryl methyl sites for hydroxylation is 1. The van der Waals surface area contributed by atoms with Crippen molar-refractivity contribution in [1.29, 1.82) is 0 Å². The maximum absolute atomic E-state index is 11.4. The minimum atomic E-state index is -0.997. The van der Waals surface area contributed by atoms with Gasteiger partial charge < -0.3 is 5.11 Å². The molecule has 134 valence electrons. The zero-order chi connectivity index (χ0) is 18.7. The number of carboxylic acid groups (broad SMARTS) is 1. The van der Waals surface area contributed by atoms with Gasteiger partial charge in [0.1, 0.15) is 0 Å². The molecule has 0 spiro atoms. The van der Waals surface area contributed by atoms with Crippen LogP contribution < -0.4 is 0 Å². The normalized spacial score (nSPS) is 14.9. The maximum atomic E-state index is 11.4. The van der Waals surface area contributed by atoms with Crippen molar-refractivity contribution in [2.24, 2.45) is 0 Å². The third-order valence-electron chi connectivity index (χ3n) is 5.44. The number of pyridine rings is 1. The first-order valence-corrected chi connectivity index (χ1v) is 9.96. The molecule has 0 saturated carbocycles. The molecule has 0 unspecified atom stereocenters. The van der Waals surface area contributed by atoms with Gasteiger partial charge >= 0.3 is 5.97 Å². The highest BCUT2D eigenvalue weighted by Crippen LogP contribution is 2.46. The fourth-order valence-corrected chi connectivity index (χ4v) is 4.96. The van der Waals surface area contributed by atoms with Crippen molar-refractivity contribution in [2.75, 3.05) is 5.75 Å². The average Bonchev–Trinajstić information content (AvgIpc) is 2.66. The monoisotopic (exact) mass is 365 g/mol. The van der Waals surface area contributed by atoms with E-state index in [-0.39, 0.29) is 11.0 Å². The number of benzene rings is 1. The first-order valence-electron chi connectivity index (χ1n) is 8.98.